The fourth-order valence-electron chi connectivity index (χ4n) is 6.86. The summed E-state index contributed by atoms with van der Waals surface area (Å²) in [7, 11) is 0. The van der Waals surface area contributed by atoms with Gasteiger partial charge in [-0.05, 0) is 108 Å². The number of aliphatic carboxylic acids is 1. The minimum absolute atomic E-state index is 0. The minimum atomic E-state index is -0.757. The van der Waals surface area contributed by atoms with E-state index in [9.17, 15) is 4.79 Å². The van der Waals surface area contributed by atoms with Gasteiger partial charge >= 0.3 is 32.2 Å². The predicted octanol–water partition coefficient (Wildman–Crippen LogP) is 9.49. The maximum atomic E-state index is 10.0. The van der Waals surface area contributed by atoms with Gasteiger partial charge in [-0.25, -0.2) is 0 Å². The van der Waals surface area contributed by atoms with Crippen LogP contribution in [0.25, 0.3) is 0 Å². The van der Waals surface area contributed by atoms with E-state index in [-0.39, 0.29) is 55.9 Å². The molecule has 32 heavy (non-hydrogen) atoms. The molecule has 1 N–H and O–H groups in total. The third-order valence-electron chi connectivity index (χ3n) is 8.51. The van der Waals surface area contributed by atoms with Crippen molar-refractivity contribution >= 4 is 5.97 Å². The van der Waals surface area contributed by atoms with Crippen molar-refractivity contribution in [2.24, 2.45) is 40.9 Å². The number of fused-ring (bicyclic) bond motifs is 2. The van der Waals surface area contributed by atoms with E-state index in [2.05, 4.69) is 0 Å². The Labute approximate surface area is 222 Å². The van der Waals surface area contributed by atoms with Crippen LogP contribution in [0.2, 0.25) is 0 Å². The van der Waals surface area contributed by atoms with Gasteiger partial charge in [0.2, 0.25) is 0 Å². The molecule has 0 aliphatic heterocycles. The summed E-state index contributed by atoms with van der Waals surface area (Å²) in [5.41, 5.74) is -0.583. The van der Waals surface area contributed by atoms with Crippen LogP contribution in [0.1, 0.15) is 126 Å². The maximum Gasteiger partial charge on any atom is 2.00 e. The van der Waals surface area contributed by atoms with E-state index in [1.165, 1.54) is 0 Å². The Bertz CT molecular complexity index is 452. The zero-order chi connectivity index (χ0) is 19.4. The van der Waals surface area contributed by atoms with Gasteiger partial charge in [-0.15, -0.1) is 0 Å². The molecular formula is C29H58O2Zr. The van der Waals surface area contributed by atoms with Crippen LogP contribution in [0.4, 0.5) is 0 Å². The van der Waals surface area contributed by atoms with Crippen LogP contribution in [0.5, 0.6) is 0 Å². The molecule has 0 bridgehead atoms. The first kappa shape index (κ1) is 36.9. The van der Waals surface area contributed by atoms with Crippen LogP contribution in [0.15, 0.2) is 0 Å². The predicted molar refractivity (Wildman–Crippen MR) is 139 cm³/mol. The Hall–Kier alpha value is 0.353. The van der Waals surface area contributed by atoms with E-state index in [4.69, 9.17) is 5.11 Å². The standard InChI is InChI=1S/C20H34.C5H10O2.2CH4.2CH3.Zr/c1-3-7-19-15(5-1)9-11-17(19)13-14-18-12-10-16-6-2-4-8-20(16)18;1-5(2,3)4(6)7;;;;;/h15-20H,1-14H2;1-3H3,(H,6,7);2*1H4;2*1H3;/q;;;;2*-1;+2. The van der Waals surface area contributed by atoms with Gasteiger partial charge in [-0.2, -0.15) is 0 Å². The largest absolute Gasteiger partial charge is 2.00 e. The molecule has 0 radical (unpaired) electrons. The topological polar surface area (TPSA) is 37.3 Å². The minimum Gasteiger partial charge on any atom is -0.481 e. The summed E-state index contributed by atoms with van der Waals surface area (Å²) in [6.45, 7) is 4.99. The number of carbonyl (C=O) groups is 1. The van der Waals surface area contributed by atoms with Crippen LogP contribution >= 0.6 is 0 Å². The second-order valence-electron chi connectivity index (χ2n) is 11.2. The molecule has 3 heteroatoms. The fourth-order valence-corrected chi connectivity index (χ4v) is 6.86. The van der Waals surface area contributed by atoms with Crippen molar-refractivity contribution in [3.05, 3.63) is 14.9 Å². The van der Waals surface area contributed by atoms with Crippen molar-refractivity contribution in [3.8, 4) is 0 Å². The van der Waals surface area contributed by atoms with E-state index < -0.39 is 11.4 Å². The van der Waals surface area contributed by atoms with E-state index in [1.54, 1.807) is 111 Å². The first-order valence-electron chi connectivity index (χ1n) is 12.1. The summed E-state index contributed by atoms with van der Waals surface area (Å²) in [5.74, 6) is 6.15. The van der Waals surface area contributed by atoms with E-state index in [0.29, 0.717) is 0 Å². The molecular weight excluding hydrogens is 472 g/mol. The van der Waals surface area contributed by atoms with Crippen LogP contribution in [0.3, 0.4) is 0 Å². The summed E-state index contributed by atoms with van der Waals surface area (Å²) < 4.78 is 0. The quantitative estimate of drug-likeness (QED) is 0.370. The van der Waals surface area contributed by atoms with E-state index in [1.807, 2.05) is 0 Å². The smallest absolute Gasteiger partial charge is 0.481 e. The molecule has 4 aliphatic rings. The number of hydrogen-bond donors (Lipinski definition) is 1. The second-order valence-corrected chi connectivity index (χ2v) is 11.2. The Morgan fingerprint density at radius 3 is 1.31 bits per heavy atom. The first-order valence-corrected chi connectivity index (χ1v) is 12.1. The van der Waals surface area contributed by atoms with Gasteiger partial charge in [0.25, 0.3) is 0 Å². The molecule has 4 fully saturated rings. The molecule has 6 atom stereocenters. The average molecular weight is 530 g/mol. The Morgan fingerprint density at radius 1 is 0.688 bits per heavy atom. The molecule has 0 aromatic heterocycles. The van der Waals surface area contributed by atoms with Gasteiger partial charge < -0.3 is 20.0 Å². The Kier molecular flexibility index (Phi) is 19.5. The summed E-state index contributed by atoms with van der Waals surface area (Å²) in [6.07, 6.45) is 22.1. The molecule has 0 aromatic rings. The number of carboxylic acids is 1. The van der Waals surface area contributed by atoms with Gasteiger partial charge in [0.15, 0.2) is 0 Å². The molecule has 6 unspecified atom stereocenters. The first-order chi connectivity index (χ1) is 12.9. The average Bonchev–Trinajstić information content (AvgIpc) is 3.24. The summed E-state index contributed by atoms with van der Waals surface area (Å²) >= 11 is 0. The summed E-state index contributed by atoms with van der Waals surface area (Å²) in [6, 6.07) is 0. The number of carboxylic acid groups (broad SMARTS) is 1. The number of rotatable bonds is 3. The van der Waals surface area contributed by atoms with E-state index in [0.717, 1.165) is 35.5 Å². The molecule has 0 spiro atoms. The Morgan fingerprint density at radius 2 is 1.00 bits per heavy atom. The van der Waals surface area contributed by atoms with Crippen molar-refractivity contribution in [1.82, 2.24) is 0 Å². The van der Waals surface area contributed by atoms with Gasteiger partial charge in [-0.3, -0.25) is 4.79 Å². The number of hydrogen-bond acceptors (Lipinski definition) is 1. The molecule has 0 saturated heterocycles. The third kappa shape index (κ3) is 9.92. The molecule has 0 amide bonds. The monoisotopic (exact) mass is 528 g/mol. The molecule has 4 aliphatic carbocycles. The molecule has 0 aromatic carbocycles. The van der Waals surface area contributed by atoms with Gasteiger partial charge in [-0.1, -0.05) is 53.4 Å². The molecule has 190 valence electrons. The van der Waals surface area contributed by atoms with Crippen LogP contribution in [0, 0.1) is 55.8 Å². The van der Waals surface area contributed by atoms with Crippen LogP contribution in [-0.2, 0) is 31.0 Å². The van der Waals surface area contributed by atoms with E-state index >= 15 is 0 Å². The van der Waals surface area contributed by atoms with Crippen molar-refractivity contribution in [3.63, 3.8) is 0 Å². The molecule has 0 heterocycles. The van der Waals surface area contributed by atoms with Crippen molar-refractivity contribution in [2.45, 2.75) is 126 Å². The van der Waals surface area contributed by atoms with Crippen LogP contribution < -0.4 is 0 Å². The second kappa shape index (κ2) is 16.9. The van der Waals surface area contributed by atoms with Crippen molar-refractivity contribution < 1.29 is 36.1 Å². The zero-order valence-corrected chi connectivity index (χ0v) is 23.2. The molecule has 4 saturated carbocycles. The zero-order valence-electron chi connectivity index (χ0n) is 20.7. The molecule has 2 nitrogen and oxygen atoms in total. The van der Waals surface area contributed by atoms with Crippen LogP contribution in [-0.4, -0.2) is 11.1 Å². The van der Waals surface area contributed by atoms with Gasteiger partial charge in [0.05, 0.1) is 5.41 Å². The summed E-state index contributed by atoms with van der Waals surface area (Å²) in [4.78, 5) is 10.0. The molecule has 4 rings (SSSR count). The van der Waals surface area contributed by atoms with Crippen molar-refractivity contribution in [1.29, 1.82) is 0 Å². The summed E-state index contributed by atoms with van der Waals surface area (Å²) in [5, 5.41) is 8.25. The Balaban J connectivity index is -0.000000625. The maximum absolute atomic E-state index is 10.0. The van der Waals surface area contributed by atoms with Gasteiger partial charge in [0.1, 0.15) is 0 Å². The fraction of sp³-hybridized carbons (Fsp3) is 0.897. The van der Waals surface area contributed by atoms with Gasteiger partial charge in [0, 0.05) is 0 Å². The van der Waals surface area contributed by atoms with Crippen molar-refractivity contribution in [2.75, 3.05) is 0 Å². The SMILES string of the molecule is C.C.C1CCC2C(C1)CCC2CCC1CCC2CCCCC21.CC(C)(C)C(=O)O.[CH3-].[CH3-].[Zr+2]. The normalized spacial score (nSPS) is 32.5. The third-order valence-corrected chi connectivity index (χ3v) is 8.51.